The lowest BCUT2D eigenvalue weighted by atomic mass is 9.73. The second kappa shape index (κ2) is 8.04. The Morgan fingerprint density at radius 3 is 2.76 bits per heavy atom. The molecule has 1 fully saturated rings. The molecule has 0 amide bonds. The third-order valence-corrected chi connectivity index (χ3v) is 8.93. The molecule has 4 aromatic rings. The first kappa shape index (κ1) is 21.5. The third kappa shape index (κ3) is 3.30. The Balaban J connectivity index is 1.30. The van der Waals surface area contributed by atoms with Gasteiger partial charge in [0, 0.05) is 36.3 Å². The summed E-state index contributed by atoms with van der Waals surface area (Å²) in [5, 5.41) is 3.50. The van der Waals surface area contributed by atoms with Crippen LogP contribution < -0.4 is 21.8 Å². The number of piperidine rings is 1. The van der Waals surface area contributed by atoms with Crippen molar-refractivity contribution in [2.45, 2.75) is 35.1 Å². The topological polar surface area (TPSA) is 118 Å². The number of rotatable bonds is 3. The molecular weight excluding hydrogens is 470 g/mol. The van der Waals surface area contributed by atoms with Crippen LogP contribution >= 0.6 is 23.4 Å². The van der Waals surface area contributed by atoms with E-state index in [4.69, 9.17) is 23.1 Å². The second-order valence-electron chi connectivity index (χ2n) is 9.06. The molecule has 10 heteroatoms. The molecule has 3 aromatic heterocycles. The van der Waals surface area contributed by atoms with Crippen molar-refractivity contribution in [1.82, 2.24) is 19.6 Å². The number of hydrogen-bond acceptors (Lipinski definition) is 7. The highest BCUT2D eigenvalue weighted by Crippen LogP contribution is 2.51. The van der Waals surface area contributed by atoms with Gasteiger partial charge in [0.1, 0.15) is 22.9 Å². The molecule has 1 atom stereocenters. The number of fused-ring (bicyclic) bond motifs is 2. The van der Waals surface area contributed by atoms with Gasteiger partial charge in [0.15, 0.2) is 11.1 Å². The van der Waals surface area contributed by atoms with Crippen LogP contribution in [0.4, 0.5) is 11.6 Å². The van der Waals surface area contributed by atoms with Gasteiger partial charge in [0.25, 0.3) is 0 Å². The summed E-state index contributed by atoms with van der Waals surface area (Å²) < 4.78 is 1.86. The minimum absolute atomic E-state index is 0.0528. The van der Waals surface area contributed by atoms with E-state index in [1.165, 1.54) is 22.9 Å². The zero-order chi connectivity index (χ0) is 23.4. The van der Waals surface area contributed by atoms with Crippen molar-refractivity contribution in [2.24, 2.45) is 11.1 Å². The predicted octanol–water partition coefficient (Wildman–Crippen LogP) is 3.65. The molecule has 8 nitrogen and oxygen atoms in total. The highest BCUT2D eigenvalue weighted by atomic mass is 35.5. The van der Waals surface area contributed by atoms with Gasteiger partial charge in [-0.25, -0.2) is 14.5 Å². The third-order valence-electron chi connectivity index (χ3n) is 7.27. The summed E-state index contributed by atoms with van der Waals surface area (Å²) in [6.07, 6.45) is 6.13. The summed E-state index contributed by atoms with van der Waals surface area (Å²) in [5.74, 6) is 1.04. The minimum Gasteiger partial charge on any atom is -0.382 e. The normalized spacial score (nSPS) is 19.1. The van der Waals surface area contributed by atoms with Crippen molar-refractivity contribution >= 4 is 40.6 Å². The van der Waals surface area contributed by atoms with E-state index >= 15 is 0 Å². The Labute approximate surface area is 205 Å². The largest absolute Gasteiger partial charge is 0.382 e. The van der Waals surface area contributed by atoms with Crippen molar-refractivity contribution in [2.75, 3.05) is 23.7 Å². The number of nitrogen functional groups attached to an aromatic ring is 1. The summed E-state index contributed by atoms with van der Waals surface area (Å²) in [6.45, 7) is 1.64. The Hall–Kier alpha value is -3.01. The number of anilines is 2. The number of halogens is 1. The highest BCUT2D eigenvalue weighted by Gasteiger charge is 2.46. The quantitative estimate of drug-likeness (QED) is 0.398. The number of benzene rings is 1. The molecule has 5 N–H and O–H groups in total. The van der Waals surface area contributed by atoms with Gasteiger partial charge in [-0.15, -0.1) is 0 Å². The molecule has 1 aromatic carbocycles. The van der Waals surface area contributed by atoms with Crippen LogP contribution in [0.15, 0.2) is 63.5 Å². The average Bonchev–Trinajstić information content (AvgIpc) is 3.43. The molecule has 0 saturated carbocycles. The minimum atomic E-state index is -0.108. The number of nitrogens with one attached hydrogen (secondary N) is 1. The number of nitrogens with zero attached hydrogens (tertiary/aromatic N) is 4. The number of H-pyrrole nitrogens is 1. The van der Waals surface area contributed by atoms with Crippen molar-refractivity contribution < 1.29 is 0 Å². The van der Waals surface area contributed by atoms with E-state index in [9.17, 15) is 4.79 Å². The summed E-state index contributed by atoms with van der Waals surface area (Å²) >= 11 is 7.56. The lowest BCUT2D eigenvalue weighted by molar-refractivity contribution is 0.187. The zero-order valence-electron chi connectivity index (χ0n) is 18.4. The lowest BCUT2D eigenvalue weighted by Crippen LogP contribution is -2.45. The van der Waals surface area contributed by atoms with Crippen LogP contribution in [0, 0.1) is 5.41 Å². The maximum Gasteiger partial charge on any atom is 0.200 e. The molecule has 1 aliphatic carbocycles. The Morgan fingerprint density at radius 2 is 1.97 bits per heavy atom. The first-order valence-electron chi connectivity index (χ1n) is 11.2. The van der Waals surface area contributed by atoms with Crippen LogP contribution in [0.25, 0.3) is 5.65 Å². The molecule has 0 bridgehead atoms. The summed E-state index contributed by atoms with van der Waals surface area (Å²) in [6, 6.07) is 12.0. The molecule has 0 radical (unpaired) electrons. The molecule has 4 heterocycles. The Bertz CT molecular complexity index is 1460. The number of aromatic nitrogens is 4. The second-order valence-corrected chi connectivity index (χ2v) is 10.5. The fourth-order valence-corrected chi connectivity index (χ4v) is 6.57. The number of pyridine rings is 2. The predicted molar refractivity (Wildman–Crippen MR) is 135 cm³/mol. The molecule has 2 aliphatic rings. The van der Waals surface area contributed by atoms with E-state index in [0.29, 0.717) is 20.5 Å². The number of nitrogens with two attached hydrogens (primary N) is 2. The van der Waals surface area contributed by atoms with Gasteiger partial charge in [0.2, 0.25) is 0 Å². The van der Waals surface area contributed by atoms with Gasteiger partial charge < -0.3 is 16.4 Å². The highest BCUT2D eigenvalue weighted by molar-refractivity contribution is 7.99. The maximum atomic E-state index is 13.2. The molecule has 34 heavy (non-hydrogen) atoms. The maximum absolute atomic E-state index is 13.2. The average molecular weight is 494 g/mol. The van der Waals surface area contributed by atoms with Gasteiger partial charge in [-0.3, -0.25) is 9.89 Å². The van der Waals surface area contributed by atoms with Crippen molar-refractivity contribution in [3.05, 3.63) is 75.3 Å². The number of hydrogen-bond donors (Lipinski definition) is 3. The van der Waals surface area contributed by atoms with E-state index < -0.39 is 0 Å². The smallest absolute Gasteiger partial charge is 0.200 e. The fourth-order valence-electron chi connectivity index (χ4n) is 5.40. The van der Waals surface area contributed by atoms with E-state index in [1.807, 2.05) is 4.52 Å². The first-order chi connectivity index (χ1) is 16.5. The van der Waals surface area contributed by atoms with Gasteiger partial charge in [0.05, 0.1) is 5.02 Å². The standard InChI is InChI=1S/C24H24ClN7OS/c25-19-17(5-8-28-22(19)27)34-20-16(33)11-18(32-23(20)29-13-30-32)31-9-6-24(7-10-31)12-14-3-1-2-4-15(14)21(24)26/h1-5,8,11,13,21H,6-7,9-10,12,26H2,(H2,27,28)(H,29,30). The van der Waals surface area contributed by atoms with Crippen molar-refractivity contribution in [3.63, 3.8) is 0 Å². The Morgan fingerprint density at radius 1 is 1.18 bits per heavy atom. The van der Waals surface area contributed by atoms with E-state index in [1.54, 1.807) is 24.7 Å². The van der Waals surface area contributed by atoms with Crippen LogP contribution in [0.5, 0.6) is 0 Å². The fraction of sp³-hybridized carbons (Fsp3) is 0.292. The van der Waals surface area contributed by atoms with Crippen LogP contribution in [0.2, 0.25) is 5.02 Å². The van der Waals surface area contributed by atoms with E-state index in [0.717, 1.165) is 38.2 Å². The van der Waals surface area contributed by atoms with Crippen LogP contribution in [-0.2, 0) is 6.42 Å². The van der Waals surface area contributed by atoms with Crippen molar-refractivity contribution in [1.29, 1.82) is 0 Å². The Kier molecular flexibility index (Phi) is 5.09. The van der Waals surface area contributed by atoms with Crippen molar-refractivity contribution in [3.8, 4) is 0 Å². The lowest BCUT2D eigenvalue weighted by Gasteiger charge is -2.43. The van der Waals surface area contributed by atoms with Crippen LogP contribution in [0.1, 0.15) is 30.0 Å². The summed E-state index contributed by atoms with van der Waals surface area (Å²) in [4.78, 5) is 25.1. The number of aromatic amines is 1. The molecule has 1 saturated heterocycles. The molecular formula is C24H24ClN7OS. The molecule has 1 unspecified atom stereocenters. The van der Waals surface area contributed by atoms with Gasteiger partial charge in [-0.1, -0.05) is 47.6 Å². The first-order valence-corrected chi connectivity index (χ1v) is 12.4. The zero-order valence-corrected chi connectivity index (χ0v) is 19.9. The van der Waals surface area contributed by atoms with Crippen LogP contribution in [0.3, 0.4) is 0 Å². The van der Waals surface area contributed by atoms with Gasteiger partial charge in [-0.2, -0.15) is 0 Å². The summed E-state index contributed by atoms with van der Waals surface area (Å²) in [5.41, 5.74) is 15.7. The summed E-state index contributed by atoms with van der Waals surface area (Å²) in [7, 11) is 0. The van der Waals surface area contributed by atoms with E-state index in [-0.39, 0.29) is 22.7 Å². The monoisotopic (exact) mass is 493 g/mol. The molecule has 174 valence electrons. The molecule has 1 aliphatic heterocycles. The van der Waals surface area contributed by atoms with Gasteiger partial charge in [-0.05, 0) is 41.9 Å². The molecule has 6 rings (SSSR count). The van der Waals surface area contributed by atoms with E-state index in [2.05, 4.69) is 44.2 Å². The van der Waals surface area contributed by atoms with Gasteiger partial charge >= 0.3 is 0 Å². The molecule has 1 spiro atoms. The van der Waals surface area contributed by atoms with Crippen LogP contribution in [-0.4, -0.2) is 32.7 Å². The SMILES string of the molecule is Nc1nccc(Sc2c(=O)cc(N3CCC4(CC3)Cc3ccccc3C4N)n3[nH]cnc23)c1Cl.